The lowest BCUT2D eigenvalue weighted by Crippen LogP contribution is -2.10. The second kappa shape index (κ2) is 5.20. The van der Waals surface area contributed by atoms with Gasteiger partial charge in [-0.3, -0.25) is 0 Å². The number of fused-ring (bicyclic) bond motifs is 1. The molecule has 0 saturated heterocycles. The monoisotopic (exact) mass is 294 g/mol. The van der Waals surface area contributed by atoms with Crippen LogP contribution in [-0.4, -0.2) is 19.5 Å². The lowest BCUT2D eigenvalue weighted by molar-refractivity contribution is 0.590. The summed E-state index contributed by atoms with van der Waals surface area (Å²) >= 11 is 0. The van der Waals surface area contributed by atoms with Gasteiger partial charge in [0, 0.05) is 11.6 Å². The summed E-state index contributed by atoms with van der Waals surface area (Å²) in [5, 5.41) is 0. The van der Waals surface area contributed by atoms with Crippen molar-refractivity contribution in [2.24, 2.45) is 0 Å². The van der Waals surface area contributed by atoms with E-state index in [0.29, 0.717) is 6.04 Å². The Bertz CT molecular complexity index is 809. The van der Waals surface area contributed by atoms with Crippen LogP contribution in [0.4, 0.5) is 0 Å². The summed E-state index contributed by atoms with van der Waals surface area (Å²) in [4.78, 5) is 13.4. The Labute approximate surface area is 131 Å². The number of hydrogen-bond donors (Lipinski definition) is 0. The van der Waals surface area contributed by atoms with Crippen LogP contribution < -0.4 is 0 Å². The van der Waals surface area contributed by atoms with Gasteiger partial charge < -0.3 is 4.57 Å². The zero-order chi connectivity index (χ0) is 15.9. The minimum Gasteiger partial charge on any atom is -0.313 e. The Kier molecular flexibility index (Phi) is 3.47. The van der Waals surface area contributed by atoms with E-state index in [9.17, 15) is 0 Å². The van der Waals surface area contributed by atoms with Crippen LogP contribution >= 0.6 is 0 Å². The van der Waals surface area contributed by atoms with Gasteiger partial charge in [-0.1, -0.05) is 39.0 Å². The van der Waals surface area contributed by atoms with Gasteiger partial charge in [-0.05, 0) is 30.9 Å². The van der Waals surface area contributed by atoms with Gasteiger partial charge in [0.05, 0.1) is 6.33 Å². The van der Waals surface area contributed by atoms with Crippen molar-refractivity contribution < 1.29 is 0 Å². The number of aromatic nitrogens is 4. The van der Waals surface area contributed by atoms with Crippen molar-refractivity contribution in [1.29, 1.82) is 0 Å². The molecule has 0 aliphatic carbocycles. The quantitative estimate of drug-likeness (QED) is 0.705. The minimum atomic E-state index is 0.111. The molecule has 0 aliphatic rings. The van der Waals surface area contributed by atoms with Gasteiger partial charge in [0.15, 0.2) is 5.65 Å². The highest BCUT2D eigenvalue weighted by Crippen LogP contribution is 2.29. The van der Waals surface area contributed by atoms with Gasteiger partial charge in [0.25, 0.3) is 0 Å². The van der Waals surface area contributed by atoms with E-state index in [0.717, 1.165) is 22.4 Å². The summed E-state index contributed by atoms with van der Waals surface area (Å²) in [5.74, 6) is 0. The zero-order valence-electron chi connectivity index (χ0n) is 13.8. The molecule has 0 saturated carbocycles. The van der Waals surface area contributed by atoms with E-state index >= 15 is 0 Å². The molecule has 0 radical (unpaired) electrons. The van der Waals surface area contributed by atoms with Crippen molar-refractivity contribution in [2.75, 3.05) is 0 Å². The standard InChI is InChI=1S/C18H22N4/c1-12(2)22-11-21-16-15(19-10-20-17(16)22)13-7-6-8-14(9-13)18(3,4)5/h6-12H,1-5H3. The third-order valence-electron chi connectivity index (χ3n) is 3.92. The molecule has 0 bridgehead atoms. The number of nitrogens with zero attached hydrogens (tertiary/aromatic N) is 4. The van der Waals surface area contributed by atoms with Gasteiger partial charge in [0.2, 0.25) is 0 Å². The largest absolute Gasteiger partial charge is 0.313 e. The SMILES string of the molecule is CC(C)n1cnc2c(-c3cccc(C(C)(C)C)c3)ncnc21. The Morgan fingerprint density at radius 1 is 1.05 bits per heavy atom. The molecule has 0 unspecified atom stereocenters. The Morgan fingerprint density at radius 2 is 1.82 bits per heavy atom. The maximum atomic E-state index is 4.55. The number of imidazole rings is 1. The molecule has 1 aromatic carbocycles. The summed E-state index contributed by atoms with van der Waals surface area (Å²) in [6.45, 7) is 10.9. The second-order valence-corrected chi connectivity index (χ2v) is 6.97. The van der Waals surface area contributed by atoms with E-state index in [4.69, 9.17) is 0 Å². The molecule has 0 spiro atoms. The summed E-state index contributed by atoms with van der Waals surface area (Å²) in [6, 6.07) is 8.87. The fraction of sp³-hybridized carbons (Fsp3) is 0.389. The number of hydrogen-bond acceptors (Lipinski definition) is 3. The smallest absolute Gasteiger partial charge is 0.164 e. The average molecular weight is 294 g/mol. The van der Waals surface area contributed by atoms with E-state index in [-0.39, 0.29) is 5.41 Å². The number of benzene rings is 1. The van der Waals surface area contributed by atoms with E-state index in [1.165, 1.54) is 5.56 Å². The van der Waals surface area contributed by atoms with Crippen molar-refractivity contribution in [2.45, 2.75) is 46.1 Å². The van der Waals surface area contributed by atoms with Crippen LogP contribution in [0.25, 0.3) is 22.4 Å². The lowest BCUT2D eigenvalue weighted by atomic mass is 9.86. The molecule has 2 aromatic heterocycles. The van der Waals surface area contributed by atoms with Crippen LogP contribution in [0, 0.1) is 0 Å². The normalized spacial score (nSPS) is 12.3. The predicted octanol–water partition coefficient (Wildman–Crippen LogP) is 4.37. The first kappa shape index (κ1) is 14.7. The molecule has 3 aromatic rings. The Morgan fingerprint density at radius 3 is 2.50 bits per heavy atom. The highest BCUT2D eigenvalue weighted by molar-refractivity contribution is 5.87. The molecule has 0 aliphatic heterocycles. The zero-order valence-corrected chi connectivity index (χ0v) is 13.8. The van der Waals surface area contributed by atoms with Crippen LogP contribution in [0.15, 0.2) is 36.9 Å². The summed E-state index contributed by atoms with van der Waals surface area (Å²) < 4.78 is 2.08. The Balaban J connectivity index is 2.19. The molecular formula is C18H22N4. The van der Waals surface area contributed by atoms with Crippen LogP contribution in [0.3, 0.4) is 0 Å². The van der Waals surface area contributed by atoms with Crippen molar-refractivity contribution in [3.63, 3.8) is 0 Å². The van der Waals surface area contributed by atoms with Crippen molar-refractivity contribution in [3.05, 3.63) is 42.5 Å². The molecule has 22 heavy (non-hydrogen) atoms. The third-order valence-corrected chi connectivity index (χ3v) is 3.92. The molecule has 3 rings (SSSR count). The fourth-order valence-electron chi connectivity index (χ4n) is 2.57. The van der Waals surface area contributed by atoms with E-state index in [1.54, 1.807) is 6.33 Å². The first-order valence-corrected chi connectivity index (χ1v) is 7.66. The second-order valence-electron chi connectivity index (χ2n) is 6.97. The van der Waals surface area contributed by atoms with Crippen molar-refractivity contribution in [3.8, 4) is 11.3 Å². The van der Waals surface area contributed by atoms with Gasteiger partial charge in [-0.2, -0.15) is 0 Å². The summed E-state index contributed by atoms with van der Waals surface area (Å²) in [5.41, 5.74) is 5.15. The average Bonchev–Trinajstić information content (AvgIpc) is 2.90. The minimum absolute atomic E-state index is 0.111. The van der Waals surface area contributed by atoms with E-state index in [2.05, 4.69) is 78.4 Å². The third kappa shape index (κ3) is 2.49. The molecule has 4 nitrogen and oxygen atoms in total. The van der Waals surface area contributed by atoms with Crippen molar-refractivity contribution >= 4 is 11.2 Å². The topological polar surface area (TPSA) is 43.6 Å². The highest BCUT2D eigenvalue weighted by Gasteiger charge is 2.17. The maximum Gasteiger partial charge on any atom is 0.164 e. The number of rotatable bonds is 2. The molecule has 4 heteroatoms. The molecule has 114 valence electrons. The maximum absolute atomic E-state index is 4.55. The summed E-state index contributed by atoms with van der Waals surface area (Å²) in [6.07, 6.45) is 3.48. The molecule has 0 fully saturated rings. The van der Waals surface area contributed by atoms with Gasteiger partial charge in [-0.25, -0.2) is 15.0 Å². The molecule has 2 heterocycles. The predicted molar refractivity (Wildman–Crippen MR) is 89.8 cm³/mol. The molecular weight excluding hydrogens is 272 g/mol. The lowest BCUT2D eigenvalue weighted by Gasteiger charge is -2.19. The van der Waals surface area contributed by atoms with Crippen LogP contribution in [0.1, 0.15) is 46.2 Å². The van der Waals surface area contributed by atoms with E-state index < -0.39 is 0 Å². The van der Waals surface area contributed by atoms with Gasteiger partial charge >= 0.3 is 0 Å². The molecule has 0 atom stereocenters. The van der Waals surface area contributed by atoms with Crippen LogP contribution in [0.2, 0.25) is 0 Å². The first-order chi connectivity index (χ1) is 10.4. The molecule has 0 amide bonds. The first-order valence-electron chi connectivity index (χ1n) is 7.66. The van der Waals surface area contributed by atoms with Crippen molar-refractivity contribution in [1.82, 2.24) is 19.5 Å². The van der Waals surface area contributed by atoms with Crippen LogP contribution in [-0.2, 0) is 5.41 Å². The Hall–Kier alpha value is -2.23. The van der Waals surface area contributed by atoms with E-state index in [1.807, 2.05) is 6.33 Å². The van der Waals surface area contributed by atoms with Crippen LogP contribution in [0.5, 0.6) is 0 Å². The highest BCUT2D eigenvalue weighted by atomic mass is 15.1. The van der Waals surface area contributed by atoms with Gasteiger partial charge in [-0.15, -0.1) is 0 Å². The van der Waals surface area contributed by atoms with Gasteiger partial charge in [0.1, 0.15) is 17.5 Å². The fourth-order valence-corrected chi connectivity index (χ4v) is 2.57. The molecule has 0 N–H and O–H groups in total. The summed E-state index contributed by atoms with van der Waals surface area (Å²) in [7, 11) is 0.